The summed E-state index contributed by atoms with van der Waals surface area (Å²) in [5.41, 5.74) is 3.68. The Kier molecular flexibility index (Phi) is 2.88. The molecule has 2 aromatic carbocycles. The topological polar surface area (TPSA) is 20.2 Å². The first-order valence-corrected chi connectivity index (χ1v) is 5.56. The van der Waals surface area contributed by atoms with Gasteiger partial charge in [0.2, 0.25) is 0 Å². The van der Waals surface area contributed by atoms with Crippen LogP contribution in [0.4, 0.5) is 4.39 Å². The molecule has 2 rings (SSSR count). The van der Waals surface area contributed by atoms with Gasteiger partial charge in [-0.3, -0.25) is 0 Å². The number of benzene rings is 2. The molecule has 2 heteroatoms. The van der Waals surface area contributed by atoms with E-state index in [4.69, 9.17) is 0 Å². The molecule has 2 aromatic rings. The van der Waals surface area contributed by atoms with Crippen molar-refractivity contribution in [3.8, 4) is 16.9 Å². The van der Waals surface area contributed by atoms with Crippen molar-refractivity contribution in [2.24, 2.45) is 0 Å². The summed E-state index contributed by atoms with van der Waals surface area (Å²) >= 11 is 0. The summed E-state index contributed by atoms with van der Waals surface area (Å²) in [5.74, 6) is 0.0556. The van der Waals surface area contributed by atoms with E-state index in [2.05, 4.69) is 0 Å². The highest BCUT2D eigenvalue weighted by molar-refractivity contribution is 5.70. The molecule has 88 valence electrons. The Balaban J connectivity index is 2.69. The Morgan fingerprint density at radius 2 is 1.59 bits per heavy atom. The Bertz CT molecular complexity index is 573. The van der Waals surface area contributed by atoms with Gasteiger partial charge >= 0.3 is 0 Å². The van der Waals surface area contributed by atoms with E-state index in [9.17, 15) is 9.50 Å². The van der Waals surface area contributed by atoms with Crippen LogP contribution in [0, 0.1) is 26.6 Å². The Morgan fingerprint density at radius 3 is 2.29 bits per heavy atom. The van der Waals surface area contributed by atoms with E-state index >= 15 is 0 Å². The first-order valence-electron chi connectivity index (χ1n) is 5.56. The molecule has 0 bridgehead atoms. The highest BCUT2D eigenvalue weighted by Crippen LogP contribution is 2.31. The van der Waals surface area contributed by atoms with Crippen LogP contribution < -0.4 is 0 Å². The van der Waals surface area contributed by atoms with Gasteiger partial charge in [-0.25, -0.2) is 4.39 Å². The normalized spacial score (nSPS) is 10.6. The van der Waals surface area contributed by atoms with E-state index in [-0.39, 0.29) is 11.6 Å². The summed E-state index contributed by atoms with van der Waals surface area (Å²) in [7, 11) is 0. The third-order valence-corrected chi connectivity index (χ3v) is 3.02. The maximum Gasteiger partial charge on any atom is 0.133 e. The third kappa shape index (κ3) is 2.03. The molecule has 0 aliphatic carbocycles. The van der Waals surface area contributed by atoms with E-state index in [0.717, 1.165) is 16.7 Å². The molecule has 0 radical (unpaired) electrons. The van der Waals surface area contributed by atoms with Crippen LogP contribution in [-0.2, 0) is 0 Å². The maximum absolute atomic E-state index is 14.0. The van der Waals surface area contributed by atoms with Crippen LogP contribution in [0.15, 0.2) is 30.3 Å². The standard InChI is InChI=1S/C15H15FO/c1-9-5-4-6-12(15(9)16)13-7-11(3)14(17)8-10(13)2/h4-8,17H,1-3H3. The van der Waals surface area contributed by atoms with Crippen LogP contribution in [0.25, 0.3) is 11.1 Å². The van der Waals surface area contributed by atoms with Gasteiger partial charge in [0.1, 0.15) is 11.6 Å². The van der Waals surface area contributed by atoms with Crippen molar-refractivity contribution in [3.05, 3.63) is 52.8 Å². The second-order valence-corrected chi connectivity index (χ2v) is 4.39. The molecule has 17 heavy (non-hydrogen) atoms. The second kappa shape index (κ2) is 4.21. The molecular formula is C15H15FO. The number of halogens is 1. The minimum Gasteiger partial charge on any atom is -0.508 e. The monoisotopic (exact) mass is 230 g/mol. The van der Waals surface area contributed by atoms with Gasteiger partial charge in [-0.15, -0.1) is 0 Å². The predicted molar refractivity (Wildman–Crippen MR) is 67.7 cm³/mol. The lowest BCUT2D eigenvalue weighted by Crippen LogP contribution is -1.91. The summed E-state index contributed by atoms with van der Waals surface area (Å²) in [6.07, 6.45) is 0. The van der Waals surface area contributed by atoms with Gasteiger partial charge in [-0.2, -0.15) is 0 Å². The summed E-state index contributed by atoms with van der Waals surface area (Å²) in [5, 5.41) is 9.60. The van der Waals surface area contributed by atoms with Crippen LogP contribution in [0.5, 0.6) is 5.75 Å². The van der Waals surface area contributed by atoms with Crippen molar-refractivity contribution in [1.29, 1.82) is 0 Å². The predicted octanol–water partition coefficient (Wildman–Crippen LogP) is 4.12. The van der Waals surface area contributed by atoms with Crippen LogP contribution in [0.2, 0.25) is 0 Å². The fraction of sp³-hybridized carbons (Fsp3) is 0.200. The van der Waals surface area contributed by atoms with Crippen molar-refractivity contribution in [1.82, 2.24) is 0 Å². The molecule has 0 unspecified atom stereocenters. The molecular weight excluding hydrogens is 215 g/mol. The first kappa shape index (κ1) is 11.6. The van der Waals surface area contributed by atoms with Gasteiger partial charge in [0.25, 0.3) is 0 Å². The molecule has 0 aromatic heterocycles. The molecule has 0 atom stereocenters. The van der Waals surface area contributed by atoms with Gasteiger partial charge in [-0.1, -0.05) is 18.2 Å². The number of aromatic hydroxyl groups is 1. The molecule has 0 heterocycles. The zero-order valence-corrected chi connectivity index (χ0v) is 10.2. The summed E-state index contributed by atoms with van der Waals surface area (Å²) < 4.78 is 14.0. The summed E-state index contributed by atoms with van der Waals surface area (Å²) in [4.78, 5) is 0. The number of phenols is 1. The zero-order chi connectivity index (χ0) is 12.6. The fourth-order valence-electron chi connectivity index (χ4n) is 1.95. The average molecular weight is 230 g/mol. The van der Waals surface area contributed by atoms with Crippen molar-refractivity contribution < 1.29 is 9.50 Å². The quantitative estimate of drug-likeness (QED) is 0.781. The maximum atomic E-state index is 14.0. The minimum atomic E-state index is -0.194. The lowest BCUT2D eigenvalue weighted by atomic mass is 9.96. The summed E-state index contributed by atoms with van der Waals surface area (Å²) in [6.45, 7) is 5.43. The molecule has 1 N–H and O–H groups in total. The second-order valence-electron chi connectivity index (χ2n) is 4.39. The number of hydrogen-bond acceptors (Lipinski definition) is 1. The zero-order valence-electron chi connectivity index (χ0n) is 10.2. The van der Waals surface area contributed by atoms with Gasteiger partial charge in [0, 0.05) is 5.56 Å². The van der Waals surface area contributed by atoms with Crippen molar-refractivity contribution in [2.45, 2.75) is 20.8 Å². The Hall–Kier alpha value is -1.83. The van der Waals surface area contributed by atoms with Gasteiger partial charge in [0.15, 0.2) is 0 Å². The van der Waals surface area contributed by atoms with Crippen LogP contribution >= 0.6 is 0 Å². The van der Waals surface area contributed by atoms with Crippen LogP contribution in [0.1, 0.15) is 16.7 Å². The minimum absolute atomic E-state index is 0.194. The Labute approximate surface area is 101 Å². The molecule has 1 nitrogen and oxygen atoms in total. The smallest absolute Gasteiger partial charge is 0.133 e. The molecule has 0 saturated carbocycles. The highest BCUT2D eigenvalue weighted by Gasteiger charge is 2.11. The molecule has 0 aliphatic heterocycles. The Morgan fingerprint density at radius 1 is 0.882 bits per heavy atom. The van der Waals surface area contributed by atoms with Gasteiger partial charge < -0.3 is 5.11 Å². The van der Waals surface area contributed by atoms with Gasteiger partial charge in [-0.05, 0) is 55.2 Å². The lowest BCUT2D eigenvalue weighted by Gasteiger charge is -2.11. The molecule has 0 amide bonds. The molecule has 0 spiro atoms. The van der Waals surface area contributed by atoms with Crippen molar-refractivity contribution >= 4 is 0 Å². The molecule has 0 aliphatic rings. The number of hydrogen-bond donors (Lipinski definition) is 1. The molecule has 0 saturated heterocycles. The van der Waals surface area contributed by atoms with Crippen LogP contribution in [0.3, 0.4) is 0 Å². The van der Waals surface area contributed by atoms with Crippen molar-refractivity contribution in [2.75, 3.05) is 0 Å². The lowest BCUT2D eigenvalue weighted by molar-refractivity contribution is 0.471. The van der Waals surface area contributed by atoms with E-state index in [0.29, 0.717) is 11.1 Å². The molecule has 0 fully saturated rings. The number of phenolic OH excluding ortho intramolecular Hbond substituents is 1. The van der Waals surface area contributed by atoms with E-state index in [1.54, 1.807) is 25.1 Å². The van der Waals surface area contributed by atoms with Gasteiger partial charge in [0.05, 0.1) is 0 Å². The SMILES string of the molecule is Cc1cc(-c2cccc(C)c2F)c(C)cc1O. The summed E-state index contributed by atoms with van der Waals surface area (Å²) in [6, 6.07) is 8.85. The third-order valence-electron chi connectivity index (χ3n) is 3.02. The fourth-order valence-corrected chi connectivity index (χ4v) is 1.95. The van der Waals surface area contributed by atoms with E-state index in [1.807, 2.05) is 26.0 Å². The highest BCUT2D eigenvalue weighted by atomic mass is 19.1. The van der Waals surface area contributed by atoms with E-state index in [1.165, 1.54) is 0 Å². The first-order chi connectivity index (χ1) is 8.00. The van der Waals surface area contributed by atoms with E-state index < -0.39 is 0 Å². The number of rotatable bonds is 1. The van der Waals surface area contributed by atoms with Crippen molar-refractivity contribution in [3.63, 3.8) is 0 Å². The van der Waals surface area contributed by atoms with Crippen LogP contribution in [-0.4, -0.2) is 5.11 Å². The average Bonchev–Trinajstić information content (AvgIpc) is 2.28. The number of aryl methyl sites for hydroxylation is 3. The largest absolute Gasteiger partial charge is 0.508 e.